The highest BCUT2D eigenvalue weighted by Crippen LogP contribution is 2.19. The molecular formula is C12H12N8O3. The number of amides is 1. The first-order valence-electron chi connectivity index (χ1n) is 6.61. The second-order valence-corrected chi connectivity index (χ2v) is 4.55. The van der Waals surface area contributed by atoms with Gasteiger partial charge >= 0.3 is 0 Å². The lowest BCUT2D eigenvalue weighted by atomic mass is 10.2. The zero-order valence-corrected chi connectivity index (χ0v) is 11.9. The summed E-state index contributed by atoms with van der Waals surface area (Å²) in [5.41, 5.74) is 8.80. The number of nitrogens with one attached hydrogen (secondary N) is 1. The van der Waals surface area contributed by atoms with Gasteiger partial charge in [-0.15, -0.1) is 4.91 Å². The molecule has 0 bridgehead atoms. The number of hydrogen-bond donors (Lipinski definition) is 1. The summed E-state index contributed by atoms with van der Waals surface area (Å²) in [5.74, 6) is -0.491. The van der Waals surface area contributed by atoms with E-state index in [0.717, 1.165) is 0 Å². The van der Waals surface area contributed by atoms with Gasteiger partial charge in [-0.2, -0.15) is 4.91 Å². The van der Waals surface area contributed by atoms with Gasteiger partial charge in [0.1, 0.15) is 12.2 Å². The van der Waals surface area contributed by atoms with Crippen LogP contribution < -0.4 is 5.32 Å². The van der Waals surface area contributed by atoms with Crippen molar-refractivity contribution in [1.29, 1.82) is 0 Å². The molecule has 1 atom stereocenters. The van der Waals surface area contributed by atoms with Crippen molar-refractivity contribution in [2.75, 3.05) is 13.1 Å². The molecule has 1 amide bonds. The van der Waals surface area contributed by atoms with E-state index >= 15 is 0 Å². The molecule has 2 aromatic rings. The maximum atomic E-state index is 12.3. The quantitative estimate of drug-likeness (QED) is 0.343. The first-order valence-corrected chi connectivity index (χ1v) is 6.61. The smallest absolute Gasteiger partial charge is 0.270 e. The fourth-order valence-corrected chi connectivity index (χ4v) is 2.05. The van der Waals surface area contributed by atoms with E-state index in [4.69, 9.17) is 5.53 Å². The lowest BCUT2D eigenvalue weighted by Gasteiger charge is -2.14. The van der Waals surface area contributed by atoms with Crippen molar-refractivity contribution in [3.63, 3.8) is 0 Å². The van der Waals surface area contributed by atoms with Gasteiger partial charge in [0.15, 0.2) is 11.3 Å². The average molecular weight is 316 g/mol. The average Bonchev–Trinajstić information content (AvgIpc) is 2.99. The highest BCUT2D eigenvalue weighted by atomic mass is 16.3. The molecular weight excluding hydrogens is 304 g/mol. The molecule has 0 spiro atoms. The number of fused-ring (bicyclic) bond motifs is 1. The Kier molecular flexibility index (Phi) is 5.31. The van der Waals surface area contributed by atoms with E-state index in [2.05, 4.69) is 30.7 Å². The second-order valence-electron chi connectivity index (χ2n) is 4.55. The largest absolute Gasteiger partial charge is 0.346 e. The molecule has 0 aliphatic carbocycles. The van der Waals surface area contributed by atoms with E-state index in [-0.39, 0.29) is 36.5 Å². The number of imidazole rings is 1. The van der Waals surface area contributed by atoms with E-state index in [1.807, 2.05) is 0 Å². The summed E-state index contributed by atoms with van der Waals surface area (Å²) in [7, 11) is 0. The minimum atomic E-state index is -0.566. The van der Waals surface area contributed by atoms with E-state index in [9.17, 15) is 14.6 Å². The minimum Gasteiger partial charge on any atom is -0.346 e. The van der Waals surface area contributed by atoms with Crippen molar-refractivity contribution in [3.05, 3.63) is 50.5 Å². The number of hydrogen-bond acceptors (Lipinski definition) is 7. The summed E-state index contributed by atoms with van der Waals surface area (Å²) in [4.78, 5) is 40.1. The lowest BCUT2D eigenvalue weighted by Crippen LogP contribution is -2.38. The van der Waals surface area contributed by atoms with Crippen LogP contribution in [0.15, 0.2) is 40.0 Å². The lowest BCUT2D eigenvalue weighted by molar-refractivity contribution is 0.0931. The Labute approximate surface area is 129 Å². The molecule has 118 valence electrons. The van der Waals surface area contributed by atoms with Crippen molar-refractivity contribution in [3.8, 4) is 0 Å². The number of pyridine rings is 1. The summed E-state index contributed by atoms with van der Waals surface area (Å²) >= 11 is 0. The molecule has 11 nitrogen and oxygen atoms in total. The number of carbonyl (C=O) groups is 1. The Morgan fingerprint density at radius 3 is 3.00 bits per heavy atom. The molecule has 0 aliphatic rings. The SMILES string of the molecule is [N-]=[N+]=NCC[C@H](CN=O)NC(=O)c1cnc2c(N=O)cccn12. The van der Waals surface area contributed by atoms with Gasteiger partial charge < -0.3 is 5.32 Å². The van der Waals surface area contributed by atoms with Crippen LogP contribution in [-0.2, 0) is 0 Å². The van der Waals surface area contributed by atoms with Crippen LogP contribution in [0.25, 0.3) is 16.1 Å². The van der Waals surface area contributed by atoms with Crippen LogP contribution in [0.4, 0.5) is 5.69 Å². The maximum absolute atomic E-state index is 12.3. The Morgan fingerprint density at radius 2 is 2.30 bits per heavy atom. The fraction of sp³-hybridized carbons (Fsp3) is 0.333. The Morgan fingerprint density at radius 1 is 1.48 bits per heavy atom. The number of nitroso groups, excluding NO2 is 2. The van der Waals surface area contributed by atoms with Crippen LogP contribution >= 0.6 is 0 Å². The predicted octanol–water partition coefficient (Wildman–Crippen LogP) is 2.30. The van der Waals surface area contributed by atoms with Crippen LogP contribution in [0.1, 0.15) is 16.9 Å². The van der Waals surface area contributed by atoms with E-state index in [1.165, 1.54) is 16.7 Å². The highest BCUT2D eigenvalue weighted by molar-refractivity contribution is 5.94. The third kappa shape index (κ3) is 3.66. The van der Waals surface area contributed by atoms with Gasteiger partial charge in [-0.3, -0.25) is 9.20 Å². The predicted molar refractivity (Wildman–Crippen MR) is 81.2 cm³/mol. The van der Waals surface area contributed by atoms with Crippen molar-refractivity contribution < 1.29 is 4.79 Å². The van der Waals surface area contributed by atoms with E-state index in [1.54, 1.807) is 12.3 Å². The molecule has 11 heteroatoms. The summed E-state index contributed by atoms with van der Waals surface area (Å²) < 4.78 is 1.42. The minimum absolute atomic E-state index is 0.112. The first-order chi connectivity index (χ1) is 11.2. The number of rotatable bonds is 8. The van der Waals surface area contributed by atoms with Gasteiger partial charge in [-0.1, -0.05) is 10.3 Å². The Hall–Kier alpha value is -3.33. The van der Waals surface area contributed by atoms with Gasteiger partial charge in [0.2, 0.25) is 0 Å². The summed E-state index contributed by atoms with van der Waals surface area (Å²) in [6.45, 7) is -0.0199. The van der Waals surface area contributed by atoms with Crippen LogP contribution in [0.2, 0.25) is 0 Å². The molecule has 0 unspecified atom stereocenters. The van der Waals surface area contributed by atoms with Gasteiger partial charge in [0, 0.05) is 17.7 Å². The zero-order valence-electron chi connectivity index (χ0n) is 11.9. The number of nitrogens with zero attached hydrogens (tertiary/aromatic N) is 7. The molecule has 2 heterocycles. The Bertz CT molecular complexity index is 780. The van der Waals surface area contributed by atoms with Gasteiger partial charge in [0.05, 0.1) is 12.2 Å². The van der Waals surface area contributed by atoms with Crippen molar-refractivity contribution in [1.82, 2.24) is 14.7 Å². The molecule has 0 aliphatic heterocycles. The van der Waals surface area contributed by atoms with Crippen molar-refractivity contribution in [2.45, 2.75) is 12.5 Å². The normalized spacial score (nSPS) is 11.5. The van der Waals surface area contributed by atoms with Crippen LogP contribution in [0, 0.1) is 9.81 Å². The molecule has 2 aromatic heterocycles. The molecule has 0 saturated heterocycles. The van der Waals surface area contributed by atoms with Gasteiger partial charge in [0.25, 0.3) is 5.91 Å². The number of azide groups is 1. The first kappa shape index (κ1) is 16.0. The van der Waals surface area contributed by atoms with Crippen molar-refractivity contribution >= 4 is 17.2 Å². The third-order valence-corrected chi connectivity index (χ3v) is 3.12. The molecule has 2 rings (SSSR count). The highest BCUT2D eigenvalue weighted by Gasteiger charge is 2.18. The maximum Gasteiger partial charge on any atom is 0.270 e. The number of carbonyl (C=O) groups excluding carboxylic acids is 1. The fourth-order valence-electron chi connectivity index (χ4n) is 2.05. The van der Waals surface area contributed by atoms with Crippen LogP contribution in [0.3, 0.4) is 0 Å². The summed E-state index contributed by atoms with van der Waals surface area (Å²) in [6.07, 6.45) is 3.15. The molecule has 0 saturated carbocycles. The third-order valence-electron chi connectivity index (χ3n) is 3.12. The van der Waals surface area contributed by atoms with Gasteiger partial charge in [-0.25, -0.2) is 4.98 Å². The van der Waals surface area contributed by atoms with Gasteiger partial charge in [-0.05, 0) is 29.3 Å². The molecule has 0 fully saturated rings. The second kappa shape index (κ2) is 7.61. The Balaban J connectivity index is 2.20. The molecule has 23 heavy (non-hydrogen) atoms. The summed E-state index contributed by atoms with van der Waals surface area (Å²) in [5, 5.41) is 11.6. The summed E-state index contributed by atoms with van der Waals surface area (Å²) in [6, 6.07) is 2.48. The molecule has 0 radical (unpaired) electrons. The van der Waals surface area contributed by atoms with E-state index < -0.39 is 11.9 Å². The van der Waals surface area contributed by atoms with Crippen LogP contribution in [0.5, 0.6) is 0 Å². The van der Waals surface area contributed by atoms with Crippen LogP contribution in [-0.4, -0.2) is 34.4 Å². The molecule has 0 aromatic carbocycles. The monoisotopic (exact) mass is 316 g/mol. The van der Waals surface area contributed by atoms with E-state index in [0.29, 0.717) is 0 Å². The molecule has 1 N–H and O–H groups in total. The number of aromatic nitrogens is 2. The zero-order chi connectivity index (χ0) is 16.7. The topological polar surface area (TPSA) is 154 Å². The van der Waals surface area contributed by atoms with Crippen molar-refractivity contribution in [2.24, 2.45) is 15.5 Å². The standard InChI is InChI=1S/C12H12N8O3/c13-19-15-4-3-8(6-16-22)17-12(21)10-7-14-11-9(18-23)2-1-5-20(10)11/h1-2,5,7-8H,3-4,6H2,(H,17,21)/t8-/m1/s1.